The molecule has 0 spiro atoms. The highest BCUT2D eigenvalue weighted by molar-refractivity contribution is 6.00. The Hall–Kier alpha value is -3.68. The lowest BCUT2D eigenvalue weighted by atomic mass is 10.2. The lowest BCUT2D eigenvalue weighted by Gasteiger charge is -2.12. The number of nitrogens with zero attached hydrogens (tertiary/aromatic N) is 3. The van der Waals surface area contributed by atoms with E-state index >= 15 is 0 Å². The standard InChI is InChI=1S/C19H18N4O4/c1-12(21-11-13-4-3-9-20-10-13)16-17(24)22-19(26)23(18(16)25)14-5-7-15(27-2)8-6-14/h3-10,25H,11H2,1-2H3,(H,22,24,26). The Labute approximate surface area is 154 Å². The maximum absolute atomic E-state index is 12.3. The number of methoxy groups -OCH3 is 1. The van der Waals surface area contributed by atoms with Crippen LogP contribution in [0.3, 0.4) is 0 Å². The summed E-state index contributed by atoms with van der Waals surface area (Å²) < 4.78 is 6.10. The van der Waals surface area contributed by atoms with E-state index in [4.69, 9.17) is 4.74 Å². The number of benzene rings is 1. The molecule has 0 aliphatic rings. The van der Waals surface area contributed by atoms with Gasteiger partial charge < -0.3 is 9.84 Å². The highest BCUT2D eigenvalue weighted by Gasteiger charge is 2.17. The number of H-pyrrole nitrogens is 1. The first-order valence-electron chi connectivity index (χ1n) is 8.14. The van der Waals surface area contributed by atoms with Crippen LogP contribution in [0.25, 0.3) is 5.69 Å². The Kier molecular flexibility index (Phi) is 5.16. The molecule has 0 radical (unpaired) electrons. The van der Waals surface area contributed by atoms with Crippen molar-refractivity contribution in [2.24, 2.45) is 4.99 Å². The first kappa shape index (κ1) is 18.1. The van der Waals surface area contributed by atoms with Crippen LogP contribution in [0.5, 0.6) is 11.6 Å². The van der Waals surface area contributed by atoms with E-state index in [2.05, 4.69) is 15.0 Å². The van der Waals surface area contributed by atoms with Gasteiger partial charge in [0, 0.05) is 12.4 Å². The van der Waals surface area contributed by atoms with Crippen molar-refractivity contribution >= 4 is 5.71 Å². The zero-order valence-corrected chi connectivity index (χ0v) is 14.8. The lowest BCUT2D eigenvalue weighted by molar-refractivity contribution is 0.414. The molecule has 27 heavy (non-hydrogen) atoms. The van der Waals surface area contributed by atoms with Gasteiger partial charge in [-0.3, -0.25) is 19.8 Å². The number of rotatable bonds is 5. The predicted octanol–water partition coefficient (Wildman–Crippen LogP) is 1.64. The van der Waals surface area contributed by atoms with Gasteiger partial charge in [0.25, 0.3) is 5.56 Å². The highest BCUT2D eigenvalue weighted by Crippen LogP contribution is 2.20. The minimum absolute atomic E-state index is 0.0608. The maximum Gasteiger partial charge on any atom is 0.335 e. The van der Waals surface area contributed by atoms with Crippen LogP contribution in [-0.2, 0) is 6.54 Å². The summed E-state index contributed by atoms with van der Waals surface area (Å²) in [6.07, 6.45) is 3.32. The van der Waals surface area contributed by atoms with E-state index in [1.165, 1.54) is 7.11 Å². The van der Waals surface area contributed by atoms with Gasteiger partial charge in [-0.15, -0.1) is 0 Å². The summed E-state index contributed by atoms with van der Waals surface area (Å²) in [4.78, 5) is 35.1. The van der Waals surface area contributed by atoms with Crippen LogP contribution in [0, 0.1) is 0 Å². The molecular weight excluding hydrogens is 348 g/mol. The number of ether oxygens (including phenoxy) is 1. The molecule has 3 rings (SSSR count). The summed E-state index contributed by atoms with van der Waals surface area (Å²) in [7, 11) is 1.53. The van der Waals surface area contributed by atoms with Crippen molar-refractivity contribution < 1.29 is 9.84 Å². The molecule has 2 N–H and O–H groups in total. The van der Waals surface area contributed by atoms with E-state index in [0.717, 1.165) is 10.1 Å². The summed E-state index contributed by atoms with van der Waals surface area (Å²) in [5, 5.41) is 10.6. The highest BCUT2D eigenvalue weighted by atomic mass is 16.5. The summed E-state index contributed by atoms with van der Waals surface area (Å²) in [5.41, 5.74) is 0.0439. The number of pyridine rings is 1. The topological polar surface area (TPSA) is 110 Å². The Bertz CT molecular complexity index is 1080. The third-order valence-corrected chi connectivity index (χ3v) is 4.00. The Morgan fingerprint density at radius 1 is 1.26 bits per heavy atom. The molecule has 138 valence electrons. The molecular formula is C19H18N4O4. The number of aromatic hydroxyl groups is 1. The first-order chi connectivity index (χ1) is 13.0. The van der Waals surface area contributed by atoms with Gasteiger partial charge in [0.1, 0.15) is 11.3 Å². The van der Waals surface area contributed by atoms with Crippen LogP contribution >= 0.6 is 0 Å². The second-order valence-corrected chi connectivity index (χ2v) is 5.75. The molecule has 0 aliphatic carbocycles. The molecule has 0 atom stereocenters. The Balaban J connectivity index is 2.05. The van der Waals surface area contributed by atoms with Crippen LogP contribution < -0.4 is 16.0 Å². The molecule has 0 bridgehead atoms. The fourth-order valence-corrected chi connectivity index (χ4v) is 2.60. The van der Waals surface area contributed by atoms with Gasteiger partial charge in [0.15, 0.2) is 0 Å². The van der Waals surface area contributed by atoms with Crippen LogP contribution in [-0.4, -0.2) is 32.5 Å². The van der Waals surface area contributed by atoms with Crippen LogP contribution in [0.2, 0.25) is 0 Å². The third-order valence-electron chi connectivity index (χ3n) is 4.00. The lowest BCUT2D eigenvalue weighted by Crippen LogP contribution is -2.32. The molecule has 2 aromatic heterocycles. The number of aromatic amines is 1. The summed E-state index contributed by atoms with van der Waals surface area (Å²) in [5.74, 6) is 0.131. The van der Waals surface area contributed by atoms with E-state index in [9.17, 15) is 14.7 Å². The van der Waals surface area contributed by atoms with Gasteiger partial charge in [0.2, 0.25) is 5.88 Å². The van der Waals surface area contributed by atoms with Crippen molar-refractivity contribution in [2.75, 3.05) is 7.11 Å². The molecule has 8 heteroatoms. The normalized spacial score (nSPS) is 11.4. The van der Waals surface area contributed by atoms with E-state index < -0.39 is 17.1 Å². The van der Waals surface area contributed by atoms with Crippen molar-refractivity contribution in [1.29, 1.82) is 0 Å². The number of aliphatic imine (C=N–C) groups is 1. The van der Waals surface area contributed by atoms with Gasteiger partial charge >= 0.3 is 5.69 Å². The molecule has 3 aromatic rings. The maximum atomic E-state index is 12.3. The van der Waals surface area contributed by atoms with Crippen molar-refractivity contribution in [1.82, 2.24) is 14.5 Å². The van der Waals surface area contributed by atoms with Crippen molar-refractivity contribution in [3.8, 4) is 17.3 Å². The SMILES string of the molecule is COc1ccc(-n2c(O)c(C(C)=NCc3cccnc3)c(=O)[nH]c2=O)cc1. The van der Waals surface area contributed by atoms with Crippen LogP contribution in [0.1, 0.15) is 18.1 Å². The zero-order chi connectivity index (χ0) is 19.4. The van der Waals surface area contributed by atoms with Gasteiger partial charge in [-0.1, -0.05) is 6.07 Å². The van der Waals surface area contributed by atoms with E-state index in [-0.39, 0.29) is 5.56 Å². The molecule has 0 saturated heterocycles. The molecule has 1 aromatic carbocycles. The fourth-order valence-electron chi connectivity index (χ4n) is 2.60. The third kappa shape index (κ3) is 3.79. The minimum atomic E-state index is -0.744. The second-order valence-electron chi connectivity index (χ2n) is 5.75. The van der Waals surface area contributed by atoms with Crippen molar-refractivity contribution in [3.63, 3.8) is 0 Å². The quantitative estimate of drug-likeness (QED) is 0.667. The largest absolute Gasteiger partial charge is 0.497 e. The fraction of sp³-hybridized carbons (Fsp3) is 0.158. The Morgan fingerprint density at radius 2 is 2.00 bits per heavy atom. The van der Waals surface area contributed by atoms with Crippen LogP contribution in [0.4, 0.5) is 0 Å². The number of hydrogen-bond donors (Lipinski definition) is 2. The van der Waals surface area contributed by atoms with Crippen molar-refractivity contribution in [3.05, 3.63) is 80.8 Å². The second kappa shape index (κ2) is 7.69. The number of nitrogens with one attached hydrogen (secondary N) is 1. The van der Waals surface area contributed by atoms with E-state index in [1.54, 1.807) is 49.6 Å². The molecule has 0 amide bonds. The molecule has 2 heterocycles. The minimum Gasteiger partial charge on any atom is -0.497 e. The molecule has 0 fully saturated rings. The summed E-state index contributed by atoms with van der Waals surface area (Å²) in [6.45, 7) is 1.89. The first-order valence-corrected chi connectivity index (χ1v) is 8.14. The molecule has 0 unspecified atom stereocenters. The number of hydrogen-bond acceptors (Lipinski definition) is 6. The Morgan fingerprint density at radius 3 is 2.63 bits per heavy atom. The molecule has 0 saturated carbocycles. The summed E-state index contributed by atoms with van der Waals surface area (Å²) in [6, 6.07) is 10.1. The van der Waals surface area contributed by atoms with Gasteiger partial charge in [-0.25, -0.2) is 9.36 Å². The van der Waals surface area contributed by atoms with E-state index in [0.29, 0.717) is 23.7 Å². The number of aromatic nitrogens is 3. The summed E-state index contributed by atoms with van der Waals surface area (Å²) >= 11 is 0. The molecule has 0 aliphatic heterocycles. The van der Waals surface area contributed by atoms with Gasteiger partial charge in [0.05, 0.1) is 25.1 Å². The smallest absolute Gasteiger partial charge is 0.335 e. The average molecular weight is 366 g/mol. The van der Waals surface area contributed by atoms with Crippen LogP contribution in [0.15, 0.2) is 63.4 Å². The van der Waals surface area contributed by atoms with Gasteiger partial charge in [-0.2, -0.15) is 0 Å². The monoisotopic (exact) mass is 366 g/mol. The predicted molar refractivity (Wildman–Crippen MR) is 101 cm³/mol. The average Bonchev–Trinajstić information content (AvgIpc) is 2.67. The van der Waals surface area contributed by atoms with E-state index in [1.807, 2.05) is 6.07 Å². The zero-order valence-electron chi connectivity index (χ0n) is 14.8. The molecule has 8 nitrogen and oxygen atoms in total. The van der Waals surface area contributed by atoms with Crippen molar-refractivity contribution in [2.45, 2.75) is 13.5 Å². The van der Waals surface area contributed by atoms with Gasteiger partial charge in [-0.05, 0) is 42.8 Å².